The zero-order valence-electron chi connectivity index (χ0n) is 21.7. The summed E-state index contributed by atoms with van der Waals surface area (Å²) < 4.78 is 20.7. The third kappa shape index (κ3) is 5.76. The molecule has 0 aliphatic carbocycles. The van der Waals surface area contributed by atoms with Crippen LogP contribution in [0.25, 0.3) is 16.9 Å². The number of nitrogens with zero attached hydrogens (tertiary/aromatic N) is 3. The number of carbonyl (C=O) groups excluding carboxylic acids is 1. The smallest absolute Gasteiger partial charge is 0.336 e. The topological polar surface area (TPSA) is 84.7 Å². The molecule has 0 atom stereocenters. The van der Waals surface area contributed by atoms with Crippen LogP contribution < -0.4 is 4.74 Å². The Bertz CT molecular complexity index is 1630. The second-order valence-electron chi connectivity index (χ2n) is 9.15. The highest BCUT2D eigenvalue weighted by Gasteiger charge is 2.24. The average molecular weight is 536 g/mol. The molecule has 0 saturated carbocycles. The molecule has 0 radical (unpaired) electrons. The fourth-order valence-corrected chi connectivity index (χ4v) is 4.47. The quantitative estimate of drug-likeness (QED) is 0.242. The van der Waals surface area contributed by atoms with Gasteiger partial charge >= 0.3 is 5.97 Å². The molecule has 1 N–H and O–H groups in total. The first kappa shape index (κ1) is 26.4. The van der Waals surface area contributed by atoms with Gasteiger partial charge in [0.05, 0.1) is 36.2 Å². The Balaban J connectivity index is 1.59. The van der Waals surface area contributed by atoms with Gasteiger partial charge in [-0.25, -0.2) is 13.9 Å². The highest BCUT2D eigenvalue weighted by Crippen LogP contribution is 2.28. The van der Waals surface area contributed by atoms with Crippen LogP contribution in [0, 0.1) is 5.82 Å². The van der Waals surface area contributed by atoms with Gasteiger partial charge in [0, 0.05) is 23.9 Å². The molecule has 5 rings (SSSR count). The van der Waals surface area contributed by atoms with Crippen molar-refractivity contribution in [3.63, 3.8) is 0 Å². The lowest BCUT2D eigenvalue weighted by Crippen LogP contribution is -2.31. The number of hydrogen-bond donors (Lipinski definition) is 1. The van der Waals surface area contributed by atoms with E-state index in [4.69, 9.17) is 9.84 Å². The largest absolute Gasteiger partial charge is 0.497 e. The van der Waals surface area contributed by atoms with Crippen molar-refractivity contribution in [3.8, 4) is 22.7 Å². The lowest BCUT2D eigenvalue weighted by molar-refractivity contribution is 0.0668. The van der Waals surface area contributed by atoms with Crippen molar-refractivity contribution in [2.24, 2.45) is 0 Å². The SMILES string of the molecule is COc1ccc(-c2nn(-c3ccccc3)cc2CN(Cc2ccc(F)cc2)C(=O)c2ccccc2C(=O)O)cc1. The number of rotatable bonds is 9. The zero-order chi connectivity index (χ0) is 28.1. The van der Waals surface area contributed by atoms with Gasteiger partial charge in [0.15, 0.2) is 0 Å². The van der Waals surface area contributed by atoms with Crippen LogP contribution in [0.3, 0.4) is 0 Å². The van der Waals surface area contributed by atoms with Crippen LogP contribution in [0.5, 0.6) is 5.75 Å². The van der Waals surface area contributed by atoms with Crippen molar-refractivity contribution in [1.29, 1.82) is 0 Å². The number of aromatic carboxylic acids is 1. The maximum absolute atomic E-state index is 13.9. The number of aromatic nitrogens is 2. The molecule has 1 aromatic heterocycles. The maximum atomic E-state index is 13.9. The molecule has 0 saturated heterocycles. The van der Waals surface area contributed by atoms with Crippen LogP contribution in [0.1, 0.15) is 31.8 Å². The summed E-state index contributed by atoms with van der Waals surface area (Å²) in [5.41, 5.74) is 3.75. The summed E-state index contributed by atoms with van der Waals surface area (Å²) in [5, 5.41) is 14.6. The van der Waals surface area contributed by atoms with Crippen molar-refractivity contribution in [3.05, 3.63) is 137 Å². The molecule has 0 fully saturated rings. The predicted octanol–water partition coefficient (Wildman–Crippen LogP) is 6.23. The number of methoxy groups -OCH3 is 1. The number of para-hydroxylation sites is 1. The second-order valence-corrected chi connectivity index (χ2v) is 9.15. The Hall–Kier alpha value is -5.24. The van der Waals surface area contributed by atoms with Crippen LogP contribution in [0.2, 0.25) is 0 Å². The molecule has 0 aliphatic heterocycles. The van der Waals surface area contributed by atoms with E-state index in [-0.39, 0.29) is 30.0 Å². The van der Waals surface area contributed by atoms with Crippen molar-refractivity contribution in [1.82, 2.24) is 14.7 Å². The third-order valence-electron chi connectivity index (χ3n) is 6.50. The van der Waals surface area contributed by atoms with Crippen molar-refractivity contribution in [2.75, 3.05) is 7.11 Å². The third-order valence-corrected chi connectivity index (χ3v) is 6.50. The van der Waals surface area contributed by atoms with E-state index >= 15 is 0 Å². The molecule has 5 aromatic rings. The van der Waals surface area contributed by atoms with Gasteiger partial charge in [-0.2, -0.15) is 5.10 Å². The molecule has 4 aromatic carbocycles. The fourth-order valence-electron chi connectivity index (χ4n) is 4.47. The predicted molar refractivity (Wildman–Crippen MR) is 149 cm³/mol. The van der Waals surface area contributed by atoms with Gasteiger partial charge in [0.25, 0.3) is 5.91 Å². The van der Waals surface area contributed by atoms with Crippen LogP contribution in [0.15, 0.2) is 109 Å². The summed E-state index contributed by atoms with van der Waals surface area (Å²) in [6.07, 6.45) is 1.86. The number of carbonyl (C=O) groups is 2. The van der Waals surface area contributed by atoms with Gasteiger partial charge in [-0.05, 0) is 66.2 Å². The molecule has 200 valence electrons. The number of hydrogen-bond acceptors (Lipinski definition) is 4. The molecular formula is C32H26FN3O4. The number of benzene rings is 4. The van der Waals surface area contributed by atoms with E-state index < -0.39 is 11.9 Å². The molecule has 7 nitrogen and oxygen atoms in total. The minimum atomic E-state index is -1.19. The summed E-state index contributed by atoms with van der Waals surface area (Å²) in [7, 11) is 1.60. The van der Waals surface area contributed by atoms with Crippen LogP contribution >= 0.6 is 0 Å². The average Bonchev–Trinajstić information content (AvgIpc) is 3.41. The first-order valence-corrected chi connectivity index (χ1v) is 12.6. The monoisotopic (exact) mass is 535 g/mol. The van der Waals surface area contributed by atoms with E-state index in [1.165, 1.54) is 24.3 Å². The molecule has 1 heterocycles. The normalized spacial score (nSPS) is 10.8. The minimum absolute atomic E-state index is 0.0681. The molecule has 8 heteroatoms. The molecule has 1 amide bonds. The highest BCUT2D eigenvalue weighted by atomic mass is 19.1. The number of ether oxygens (including phenoxy) is 1. The molecule has 0 aliphatic rings. The van der Waals surface area contributed by atoms with Crippen molar-refractivity contribution >= 4 is 11.9 Å². The molecule has 0 unspecified atom stereocenters. The second kappa shape index (κ2) is 11.7. The Morgan fingerprint density at radius 2 is 1.50 bits per heavy atom. The van der Waals surface area contributed by atoms with Gasteiger partial charge in [-0.3, -0.25) is 4.79 Å². The maximum Gasteiger partial charge on any atom is 0.336 e. The Kier molecular flexibility index (Phi) is 7.68. The van der Waals surface area contributed by atoms with Gasteiger partial charge in [0.2, 0.25) is 0 Å². The Morgan fingerprint density at radius 3 is 2.15 bits per heavy atom. The van der Waals surface area contributed by atoms with Gasteiger partial charge in [-0.1, -0.05) is 42.5 Å². The zero-order valence-corrected chi connectivity index (χ0v) is 21.7. The minimum Gasteiger partial charge on any atom is -0.497 e. The van der Waals surface area contributed by atoms with E-state index in [0.29, 0.717) is 17.0 Å². The van der Waals surface area contributed by atoms with E-state index in [0.717, 1.165) is 16.8 Å². The standard InChI is InChI=1S/C32H26FN3O4/c1-40-27-17-13-23(14-18-27)30-24(21-36(34-30)26-7-3-2-4-8-26)20-35(19-22-11-15-25(33)16-12-22)31(37)28-9-5-6-10-29(28)32(38)39/h2-18,21H,19-20H2,1H3,(H,38,39). The number of amides is 1. The highest BCUT2D eigenvalue weighted by molar-refractivity contribution is 6.04. The lowest BCUT2D eigenvalue weighted by atomic mass is 10.0. The first-order chi connectivity index (χ1) is 19.4. The summed E-state index contributed by atoms with van der Waals surface area (Å²) in [4.78, 5) is 27.4. The van der Waals surface area contributed by atoms with Gasteiger partial charge in [0.1, 0.15) is 11.6 Å². The van der Waals surface area contributed by atoms with Crippen LogP contribution in [-0.4, -0.2) is 38.8 Å². The van der Waals surface area contributed by atoms with E-state index in [2.05, 4.69) is 0 Å². The Morgan fingerprint density at radius 1 is 0.850 bits per heavy atom. The van der Waals surface area contributed by atoms with Gasteiger partial charge < -0.3 is 14.7 Å². The van der Waals surface area contributed by atoms with Crippen molar-refractivity contribution < 1.29 is 23.8 Å². The number of halogens is 1. The summed E-state index contributed by atoms with van der Waals surface area (Å²) in [6.45, 7) is 0.254. The van der Waals surface area contributed by atoms with Crippen LogP contribution in [0.4, 0.5) is 4.39 Å². The fraction of sp³-hybridized carbons (Fsp3) is 0.0938. The van der Waals surface area contributed by atoms with Crippen molar-refractivity contribution in [2.45, 2.75) is 13.1 Å². The summed E-state index contributed by atoms with van der Waals surface area (Å²) >= 11 is 0. The lowest BCUT2D eigenvalue weighted by Gasteiger charge is -2.24. The van der Waals surface area contributed by atoms with E-state index in [9.17, 15) is 19.1 Å². The van der Waals surface area contributed by atoms with Gasteiger partial charge in [-0.15, -0.1) is 0 Å². The molecule has 0 spiro atoms. The Labute approximate surface area is 230 Å². The van der Waals surface area contributed by atoms with Crippen LogP contribution in [-0.2, 0) is 13.1 Å². The summed E-state index contributed by atoms with van der Waals surface area (Å²) in [5.74, 6) is -1.34. The number of carboxylic acids is 1. The molecule has 0 bridgehead atoms. The van der Waals surface area contributed by atoms with E-state index in [1.807, 2.05) is 60.8 Å². The molecular weight excluding hydrogens is 509 g/mol. The van der Waals surface area contributed by atoms with E-state index in [1.54, 1.807) is 41.0 Å². The number of carboxylic acid groups (broad SMARTS) is 1. The summed E-state index contributed by atoms with van der Waals surface area (Å²) in [6, 6.07) is 29.1. The first-order valence-electron chi connectivity index (χ1n) is 12.6. The molecule has 40 heavy (non-hydrogen) atoms.